The highest BCUT2D eigenvalue weighted by atomic mass is 35.5. The van der Waals surface area contributed by atoms with E-state index in [2.05, 4.69) is 24.4 Å². The van der Waals surface area contributed by atoms with Gasteiger partial charge in [0.25, 0.3) is 12.2 Å². The summed E-state index contributed by atoms with van der Waals surface area (Å²) in [6.45, 7) is -0.0293. The maximum absolute atomic E-state index is 12.9. The number of hydrogen-bond acceptors (Lipinski definition) is 7. The van der Waals surface area contributed by atoms with Crippen LogP contribution < -0.4 is 19.3 Å². The van der Waals surface area contributed by atoms with Crippen molar-refractivity contribution in [2.24, 2.45) is 0 Å². The molecule has 7 nitrogen and oxygen atoms in total. The van der Waals surface area contributed by atoms with Crippen LogP contribution in [-0.4, -0.2) is 78.0 Å². The van der Waals surface area contributed by atoms with Crippen molar-refractivity contribution in [2.75, 3.05) is 36.0 Å². The van der Waals surface area contributed by atoms with Gasteiger partial charge in [-0.25, -0.2) is 0 Å². The van der Waals surface area contributed by atoms with Crippen molar-refractivity contribution in [2.45, 2.75) is 36.9 Å². The fourth-order valence-corrected chi connectivity index (χ4v) is 3.45. The number of halogens is 13. The molecule has 0 unspecified atom stereocenters. The summed E-state index contributed by atoms with van der Waals surface area (Å²) in [7, 11) is 0. The van der Waals surface area contributed by atoms with Crippen molar-refractivity contribution >= 4 is 23.2 Å². The summed E-state index contributed by atoms with van der Waals surface area (Å²) in [5, 5.41) is 0.378. The van der Waals surface area contributed by atoms with Crippen molar-refractivity contribution in [1.29, 1.82) is 0 Å². The maximum Gasteiger partial charge on any atom is 0.434 e. The lowest BCUT2D eigenvalue weighted by molar-refractivity contribution is -0.302. The first-order chi connectivity index (χ1) is 17.7. The Labute approximate surface area is 215 Å². The Morgan fingerprint density at radius 3 is 1.44 bits per heavy atom. The molecule has 1 aliphatic rings. The number of benzene rings is 1. The molecule has 2 aromatic rings. The van der Waals surface area contributed by atoms with E-state index >= 15 is 0 Å². The zero-order valence-electron chi connectivity index (χ0n) is 18.8. The molecule has 1 aliphatic heterocycles. The Morgan fingerprint density at radius 1 is 0.641 bits per heavy atom. The normalized spacial score (nSPS) is 15.8. The lowest BCUT2D eigenvalue weighted by atomic mass is 10.2. The molecule has 20 heteroatoms. The maximum atomic E-state index is 12.9. The highest BCUT2D eigenvalue weighted by Crippen LogP contribution is 2.38. The molecule has 1 saturated heterocycles. The van der Waals surface area contributed by atoms with E-state index in [1.807, 2.05) is 0 Å². The molecule has 3 rings (SSSR count). The minimum Gasteiger partial charge on any atom is -0.440 e. The average Bonchev–Trinajstić information content (AvgIpc) is 2.78. The largest absolute Gasteiger partial charge is 0.440 e. The van der Waals surface area contributed by atoms with Gasteiger partial charge in [-0.2, -0.15) is 62.7 Å². The summed E-state index contributed by atoms with van der Waals surface area (Å²) >= 11 is 5.92. The fraction of sp³-hybridized carbons (Fsp3) is 0.526. The minimum atomic E-state index is -6.10. The molecular weight excluding hydrogens is 594 g/mol. The molecular formula is C19H14ClF12N5O2. The highest BCUT2D eigenvalue weighted by molar-refractivity contribution is 6.30. The molecule has 0 atom stereocenters. The van der Waals surface area contributed by atoms with E-state index in [9.17, 15) is 52.7 Å². The van der Waals surface area contributed by atoms with Crippen LogP contribution in [0.15, 0.2) is 24.3 Å². The molecule has 0 N–H and O–H groups in total. The van der Waals surface area contributed by atoms with Crippen LogP contribution in [0.3, 0.4) is 0 Å². The zero-order chi connectivity index (χ0) is 29.4. The molecule has 218 valence electrons. The summed E-state index contributed by atoms with van der Waals surface area (Å²) in [6, 6.07) is 2.73. The van der Waals surface area contributed by atoms with Gasteiger partial charge in [0.05, 0.1) is 0 Å². The Bertz CT molecular complexity index is 1050. The van der Waals surface area contributed by atoms with Crippen LogP contribution in [0.5, 0.6) is 12.0 Å². The summed E-state index contributed by atoms with van der Waals surface area (Å²) < 4.78 is 163. The number of hydrogen-bond donors (Lipinski definition) is 0. The van der Waals surface area contributed by atoms with Gasteiger partial charge in [-0.05, 0) is 18.2 Å². The lowest BCUT2D eigenvalue weighted by Crippen LogP contribution is -2.48. The lowest BCUT2D eigenvalue weighted by Gasteiger charge is -2.36. The third kappa shape index (κ3) is 7.95. The Hall–Kier alpha value is -3.12. The van der Waals surface area contributed by atoms with E-state index < -0.39 is 54.9 Å². The van der Waals surface area contributed by atoms with Crippen LogP contribution >= 0.6 is 11.6 Å². The number of piperazine rings is 1. The SMILES string of the molecule is FC(F)(F)C(Oc1nc(OC(C(F)(F)F)C(F)(F)F)nc(N2CCN(c3cccc(Cl)c3)CC2)n1)C(F)(F)F. The van der Waals surface area contributed by atoms with Crippen molar-refractivity contribution in [3.05, 3.63) is 29.3 Å². The van der Waals surface area contributed by atoms with Gasteiger partial charge in [0.1, 0.15) is 0 Å². The Morgan fingerprint density at radius 2 is 1.05 bits per heavy atom. The predicted octanol–water partition coefficient (Wildman–Crippen LogP) is 5.60. The van der Waals surface area contributed by atoms with Gasteiger partial charge in [-0.1, -0.05) is 17.7 Å². The highest BCUT2D eigenvalue weighted by Gasteiger charge is 2.61. The summed E-state index contributed by atoms with van der Waals surface area (Å²) in [4.78, 5) is 12.1. The topological polar surface area (TPSA) is 63.6 Å². The van der Waals surface area contributed by atoms with Gasteiger partial charge in [0.2, 0.25) is 5.95 Å². The standard InChI is InChI=1S/C19H14ClF12N5O2/c20-9-2-1-3-10(8-9)36-4-6-37(7-5-36)13-33-14(38-11(16(21,22)23)17(24,25)26)35-15(34-13)39-12(18(27,28)29)19(30,31)32/h1-3,8,11-12H,4-7H2. The van der Waals surface area contributed by atoms with Gasteiger partial charge < -0.3 is 19.3 Å². The second kappa shape index (κ2) is 10.8. The summed E-state index contributed by atoms with van der Waals surface area (Å²) in [5.74, 6) is -0.882. The van der Waals surface area contributed by atoms with Gasteiger partial charge in [-0.15, -0.1) is 4.98 Å². The first-order valence-corrected chi connectivity index (χ1v) is 10.7. The Kier molecular flexibility index (Phi) is 8.43. The van der Waals surface area contributed by atoms with Crippen LogP contribution in [0.1, 0.15) is 0 Å². The minimum absolute atomic E-state index is 0.111. The molecule has 1 fully saturated rings. The fourth-order valence-electron chi connectivity index (χ4n) is 3.26. The van der Waals surface area contributed by atoms with E-state index in [1.54, 1.807) is 29.2 Å². The quantitative estimate of drug-likeness (QED) is 0.397. The molecule has 0 saturated carbocycles. The van der Waals surface area contributed by atoms with E-state index in [0.717, 1.165) is 4.90 Å². The van der Waals surface area contributed by atoms with Crippen molar-refractivity contribution in [3.8, 4) is 12.0 Å². The molecule has 0 radical (unpaired) electrons. The van der Waals surface area contributed by atoms with Crippen LogP contribution in [-0.2, 0) is 0 Å². The third-order valence-electron chi connectivity index (χ3n) is 4.95. The zero-order valence-corrected chi connectivity index (χ0v) is 19.5. The van der Waals surface area contributed by atoms with Gasteiger partial charge in [0, 0.05) is 36.9 Å². The van der Waals surface area contributed by atoms with Gasteiger partial charge >= 0.3 is 36.7 Å². The smallest absolute Gasteiger partial charge is 0.434 e. The monoisotopic (exact) mass is 607 g/mol. The molecule has 0 amide bonds. The van der Waals surface area contributed by atoms with E-state index in [1.165, 1.54) is 0 Å². The van der Waals surface area contributed by atoms with E-state index in [4.69, 9.17) is 11.6 Å². The van der Waals surface area contributed by atoms with Crippen molar-refractivity contribution in [1.82, 2.24) is 15.0 Å². The number of rotatable bonds is 6. The van der Waals surface area contributed by atoms with Gasteiger partial charge in [-0.3, -0.25) is 0 Å². The van der Waals surface area contributed by atoms with E-state index in [0.29, 0.717) is 10.7 Å². The van der Waals surface area contributed by atoms with Crippen LogP contribution in [0, 0.1) is 0 Å². The number of anilines is 2. The second-order valence-corrected chi connectivity index (χ2v) is 8.25. The molecule has 2 heterocycles. The first kappa shape index (κ1) is 30.4. The van der Waals surface area contributed by atoms with Crippen molar-refractivity contribution in [3.63, 3.8) is 0 Å². The number of aromatic nitrogens is 3. The molecule has 0 bridgehead atoms. The number of alkyl halides is 12. The molecule has 39 heavy (non-hydrogen) atoms. The third-order valence-corrected chi connectivity index (χ3v) is 5.19. The Balaban J connectivity index is 1.96. The van der Waals surface area contributed by atoms with Crippen LogP contribution in [0.2, 0.25) is 5.02 Å². The van der Waals surface area contributed by atoms with Crippen LogP contribution in [0.25, 0.3) is 0 Å². The second-order valence-electron chi connectivity index (χ2n) is 7.82. The first-order valence-electron chi connectivity index (χ1n) is 10.4. The molecule has 0 spiro atoms. The molecule has 1 aromatic heterocycles. The number of ether oxygens (including phenoxy) is 2. The molecule has 1 aromatic carbocycles. The van der Waals surface area contributed by atoms with Crippen molar-refractivity contribution < 1.29 is 62.2 Å². The predicted molar refractivity (Wildman–Crippen MR) is 109 cm³/mol. The number of nitrogens with zero attached hydrogens (tertiary/aromatic N) is 5. The van der Waals surface area contributed by atoms with E-state index in [-0.39, 0.29) is 26.2 Å². The molecule has 0 aliphatic carbocycles. The average molecular weight is 608 g/mol. The summed E-state index contributed by atoms with van der Waals surface area (Å²) in [6.07, 6.45) is -33.5. The van der Waals surface area contributed by atoms with Crippen LogP contribution in [0.4, 0.5) is 64.3 Å². The summed E-state index contributed by atoms with van der Waals surface area (Å²) in [5.41, 5.74) is 0.627. The van der Waals surface area contributed by atoms with Gasteiger partial charge in [0.15, 0.2) is 0 Å².